The Kier molecular flexibility index (Phi) is 6.03. The second-order valence-corrected chi connectivity index (χ2v) is 7.04. The SMILES string of the molecule is COCCc1noc(C2Cc3ccccc3N2C(=O)Nc2cc(OC)cc(OC)c2)n1. The second-order valence-electron chi connectivity index (χ2n) is 7.04. The molecule has 1 aliphatic heterocycles. The zero-order valence-electron chi connectivity index (χ0n) is 17.6. The van der Waals surface area contributed by atoms with E-state index in [2.05, 4.69) is 15.5 Å². The van der Waals surface area contributed by atoms with Crippen molar-refractivity contribution in [3.8, 4) is 11.5 Å². The monoisotopic (exact) mass is 424 g/mol. The predicted octanol–water partition coefficient (Wildman–Crippen LogP) is 3.61. The number of benzene rings is 2. The van der Waals surface area contributed by atoms with Gasteiger partial charge in [-0.2, -0.15) is 4.98 Å². The van der Waals surface area contributed by atoms with Crippen LogP contribution in [0.3, 0.4) is 0 Å². The van der Waals surface area contributed by atoms with E-state index >= 15 is 0 Å². The van der Waals surface area contributed by atoms with Gasteiger partial charge in [-0.25, -0.2) is 4.79 Å². The van der Waals surface area contributed by atoms with Gasteiger partial charge in [0.05, 0.1) is 20.8 Å². The number of carbonyl (C=O) groups is 1. The van der Waals surface area contributed by atoms with Crippen LogP contribution in [0.1, 0.15) is 23.3 Å². The fourth-order valence-corrected chi connectivity index (χ4v) is 3.60. The van der Waals surface area contributed by atoms with Crippen LogP contribution in [0, 0.1) is 0 Å². The third-order valence-corrected chi connectivity index (χ3v) is 5.10. The van der Waals surface area contributed by atoms with E-state index in [4.69, 9.17) is 18.7 Å². The second kappa shape index (κ2) is 9.05. The molecule has 0 fully saturated rings. The molecule has 1 aromatic heterocycles. The highest BCUT2D eigenvalue weighted by atomic mass is 16.5. The van der Waals surface area contributed by atoms with E-state index in [1.807, 2.05) is 24.3 Å². The van der Waals surface area contributed by atoms with Gasteiger partial charge in [0.1, 0.15) is 17.5 Å². The number of hydrogen-bond acceptors (Lipinski definition) is 7. The molecule has 3 aromatic rings. The third kappa shape index (κ3) is 4.31. The van der Waals surface area contributed by atoms with Crippen molar-refractivity contribution < 1.29 is 23.5 Å². The van der Waals surface area contributed by atoms with Crippen LogP contribution >= 0.6 is 0 Å². The molecule has 2 amide bonds. The highest BCUT2D eigenvalue weighted by molar-refractivity contribution is 6.03. The zero-order valence-corrected chi connectivity index (χ0v) is 17.6. The summed E-state index contributed by atoms with van der Waals surface area (Å²) in [6.45, 7) is 0.492. The first-order chi connectivity index (χ1) is 15.1. The quantitative estimate of drug-likeness (QED) is 0.618. The molecule has 0 saturated carbocycles. The number of anilines is 2. The average Bonchev–Trinajstić information content (AvgIpc) is 3.41. The van der Waals surface area contributed by atoms with Gasteiger partial charge >= 0.3 is 6.03 Å². The summed E-state index contributed by atoms with van der Waals surface area (Å²) in [5.41, 5.74) is 2.38. The molecule has 162 valence electrons. The van der Waals surface area contributed by atoms with E-state index in [0.29, 0.717) is 48.4 Å². The molecule has 0 spiro atoms. The number of aromatic nitrogens is 2. The van der Waals surface area contributed by atoms with Crippen molar-refractivity contribution in [2.45, 2.75) is 18.9 Å². The van der Waals surface area contributed by atoms with Crippen LogP contribution in [0.2, 0.25) is 0 Å². The Morgan fingerprint density at radius 1 is 1.16 bits per heavy atom. The maximum absolute atomic E-state index is 13.4. The maximum atomic E-state index is 13.4. The standard InChI is InChI=1S/C22H24N4O5/c1-28-9-8-20-24-21(31-25-20)19-10-14-6-4-5-7-18(14)26(19)22(27)23-15-11-16(29-2)13-17(12-15)30-3/h4-7,11-13,19H,8-10H2,1-3H3,(H,23,27). The Balaban J connectivity index is 1.63. The van der Waals surface area contributed by atoms with Gasteiger partial charge in [0.2, 0.25) is 5.89 Å². The zero-order chi connectivity index (χ0) is 21.8. The van der Waals surface area contributed by atoms with E-state index in [9.17, 15) is 4.79 Å². The number of nitrogens with one attached hydrogen (secondary N) is 1. The van der Waals surface area contributed by atoms with Crippen molar-refractivity contribution in [3.63, 3.8) is 0 Å². The molecular formula is C22H24N4O5. The van der Waals surface area contributed by atoms with Crippen LogP contribution in [-0.2, 0) is 17.6 Å². The van der Waals surface area contributed by atoms with Crippen molar-refractivity contribution >= 4 is 17.4 Å². The summed E-state index contributed by atoms with van der Waals surface area (Å²) < 4.78 is 21.2. The Bertz CT molecular complexity index is 1050. The number of nitrogens with zero attached hydrogens (tertiary/aromatic N) is 3. The summed E-state index contributed by atoms with van der Waals surface area (Å²) in [6, 6.07) is 12.2. The molecule has 1 unspecified atom stereocenters. The summed E-state index contributed by atoms with van der Waals surface area (Å²) in [5, 5.41) is 6.96. The van der Waals surface area contributed by atoms with Crippen molar-refractivity contribution in [2.75, 3.05) is 38.2 Å². The Morgan fingerprint density at radius 2 is 1.90 bits per heavy atom. The lowest BCUT2D eigenvalue weighted by Gasteiger charge is -2.23. The first-order valence-corrected chi connectivity index (χ1v) is 9.85. The van der Waals surface area contributed by atoms with Gasteiger partial charge in [0, 0.05) is 49.5 Å². The van der Waals surface area contributed by atoms with Crippen molar-refractivity contribution in [3.05, 3.63) is 59.7 Å². The summed E-state index contributed by atoms with van der Waals surface area (Å²) in [6.07, 6.45) is 1.12. The number of urea groups is 1. The van der Waals surface area contributed by atoms with Gasteiger partial charge in [0.25, 0.3) is 0 Å². The van der Waals surface area contributed by atoms with Crippen LogP contribution in [0.25, 0.3) is 0 Å². The first kappa shape index (κ1) is 20.7. The number of methoxy groups -OCH3 is 3. The van der Waals surface area contributed by atoms with Gasteiger partial charge in [-0.3, -0.25) is 4.90 Å². The lowest BCUT2D eigenvalue weighted by Crippen LogP contribution is -2.36. The predicted molar refractivity (Wildman–Crippen MR) is 114 cm³/mol. The maximum Gasteiger partial charge on any atom is 0.327 e. The van der Waals surface area contributed by atoms with Gasteiger partial charge in [-0.1, -0.05) is 23.4 Å². The van der Waals surface area contributed by atoms with Crippen molar-refractivity contribution in [1.29, 1.82) is 0 Å². The van der Waals surface area contributed by atoms with E-state index < -0.39 is 6.04 Å². The van der Waals surface area contributed by atoms with E-state index in [1.165, 1.54) is 0 Å². The highest BCUT2D eigenvalue weighted by Gasteiger charge is 2.38. The summed E-state index contributed by atoms with van der Waals surface area (Å²) in [5.74, 6) is 2.09. The molecule has 31 heavy (non-hydrogen) atoms. The normalized spacial score (nSPS) is 14.9. The number of hydrogen-bond donors (Lipinski definition) is 1. The van der Waals surface area contributed by atoms with Crippen LogP contribution in [-0.4, -0.2) is 44.1 Å². The number of rotatable bonds is 7. The molecule has 9 nitrogen and oxygen atoms in total. The molecular weight excluding hydrogens is 400 g/mol. The van der Waals surface area contributed by atoms with Crippen molar-refractivity contribution in [1.82, 2.24) is 10.1 Å². The van der Waals surface area contributed by atoms with Crippen LogP contribution in [0.4, 0.5) is 16.2 Å². The fourth-order valence-electron chi connectivity index (χ4n) is 3.60. The summed E-state index contributed by atoms with van der Waals surface area (Å²) >= 11 is 0. The minimum atomic E-state index is -0.409. The lowest BCUT2D eigenvalue weighted by atomic mass is 10.1. The van der Waals surface area contributed by atoms with Crippen molar-refractivity contribution in [2.24, 2.45) is 0 Å². The van der Waals surface area contributed by atoms with E-state index in [-0.39, 0.29) is 6.03 Å². The molecule has 0 aliphatic carbocycles. The fraction of sp³-hybridized carbons (Fsp3) is 0.318. The molecule has 1 atom stereocenters. The van der Waals surface area contributed by atoms with Gasteiger partial charge in [0.15, 0.2) is 5.82 Å². The van der Waals surface area contributed by atoms with Gasteiger partial charge in [-0.15, -0.1) is 0 Å². The molecule has 2 heterocycles. The Morgan fingerprint density at radius 3 is 2.61 bits per heavy atom. The smallest absolute Gasteiger partial charge is 0.327 e. The molecule has 1 N–H and O–H groups in total. The molecule has 4 rings (SSSR count). The van der Waals surface area contributed by atoms with Crippen LogP contribution < -0.4 is 19.7 Å². The Hall–Kier alpha value is -3.59. The molecule has 0 bridgehead atoms. The molecule has 9 heteroatoms. The largest absolute Gasteiger partial charge is 0.497 e. The molecule has 0 saturated heterocycles. The first-order valence-electron chi connectivity index (χ1n) is 9.85. The van der Waals surface area contributed by atoms with Crippen LogP contribution in [0.5, 0.6) is 11.5 Å². The molecule has 0 radical (unpaired) electrons. The van der Waals surface area contributed by atoms with E-state index in [1.54, 1.807) is 44.4 Å². The number of ether oxygens (including phenoxy) is 3. The minimum absolute atomic E-state index is 0.318. The average molecular weight is 424 g/mol. The number of para-hydroxylation sites is 1. The Labute approximate surface area is 179 Å². The van der Waals surface area contributed by atoms with Gasteiger partial charge in [-0.05, 0) is 11.6 Å². The number of amides is 2. The summed E-state index contributed by atoms with van der Waals surface area (Å²) in [7, 11) is 4.74. The number of fused-ring (bicyclic) bond motifs is 1. The topological polar surface area (TPSA) is 99.0 Å². The molecule has 2 aromatic carbocycles. The summed E-state index contributed by atoms with van der Waals surface area (Å²) in [4.78, 5) is 19.5. The molecule has 1 aliphatic rings. The van der Waals surface area contributed by atoms with Crippen LogP contribution in [0.15, 0.2) is 47.0 Å². The van der Waals surface area contributed by atoms with E-state index in [0.717, 1.165) is 11.3 Å². The minimum Gasteiger partial charge on any atom is -0.497 e. The highest BCUT2D eigenvalue weighted by Crippen LogP contribution is 2.40. The number of carbonyl (C=O) groups excluding carboxylic acids is 1. The van der Waals surface area contributed by atoms with Gasteiger partial charge < -0.3 is 24.1 Å². The lowest BCUT2D eigenvalue weighted by molar-refractivity contribution is 0.199. The third-order valence-electron chi connectivity index (χ3n) is 5.10.